The molecule has 0 aromatic carbocycles. The number of ether oxygens (including phenoxy) is 1. The number of rotatable bonds is 3. The van der Waals surface area contributed by atoms with E-state index in [-0.39, 0.29) is 5.71 Å². The molecule has 0 aliphatic rings. The number of allylic oxidation sites excluding steroid dienone is 1. The Hall–Kier alpha value is -1.52. The van der Waals surface area contributed by atoms with E-state index in [0.29, 0.717) is 5.70 Å². The minimum atomic E-state index is -0.560. The van der Waals surface area contributed by atoms with Gasteiger partial charge in [0.05, 0.1) is 11.4 Å². The fourth-order valence-corrected chi connectivity index (χ4v) is 0.796. The summed E-state index contributed by atoms with van der Waals surface area (Å²) in [4.78, 5) is 11.3. The molecule has 0 unspecified atom stereocenters. The third-order valence-electron chi connectivity index (χ3n) is 1.33. The summed E-state index contributed by atoms with van der Waals surface area (Å²) in [7, 11) is 1.69. The van der Waals surface area contributed by atoms with Crippen LogP contribution in [0.2, 0.25) is 0 Å². The Bertz CT molecular complexity index is 277. The van der Waals surface area contributed by atoms with Crippen LogP contribution in [0.5, 0.6) is 0 Å². The van der Waals surface area contributed by atoms with Gasteiger partial charge in [0, 0.05) is 13.2 Å². The number of carbonyl (C=O) groups excluding carboxylic acids is 1. The summed E-state index contributed by atoms with van der Waals surface area (Å²) in [5, 5.41) is 12.6. The molecule has 0 saturated carbocycles. The van der Waals surface area contributed by atoms with Crippen molar-refractivity contribution in [2.24, 2.45) is 0 Å². The van der Waals surface area contributed by atoms with Crippen LogP contribution < -0.4 is 10.6 Å². The van der Waals surface area contributed by atoms with Gasteiger partial charge in [0.2, 0.25) is 0 Å². The maximum absolute atomic E-state index is 11.3. The molecule has 5 heteroatoms. The van der Waals surface area contributed by atoms with Gasteiger partial charge in [0.25, 0.3) is 0 Å². The highest BCUT2D eigenvalue weighted by atomic mass is 16.6. The highest BCUT2D eigenvalue weighted by Crippen LogP contribution is 2.07. The maximum Gasteiger partial charge on any atom is 0.412 e. The molecule has 0 aliphatic carbocycles. The first kappa shape index (κ1) is 13.5. The number of amides is 1. The van der Waals surface area contributed by atoms with Crippen LogP contribution in [-0.4, -0.2) is 24.5 Å². The molecule has 1 amide bonds. The summed E-state index contributed by atoms with van der Waals surface area (Å²) < 4.78 is 5.05. The minimum Gasteiger partial charge on any atom is -0.444 e. The van der Waals surface area contributed by atoms with Crippen molar-refractivity contribution in [2.45, 2.75) is 33.3 Å². The van der Waals surface area contributed by atoms with E-state index in [4.69, 9.17) is 10.1 Å². The van der Waals surface area contributed by atoms with E-state index in [0.717, 1.165) is 0 Å². The first-order valence-electron chi connectivity index (χ1n) is 4.69. The summed E-state index contributed by atoms with van der Waals surface area (Å²) in [6.07, 6.45) is 0.974. The Morgan fingerprint density at radius 2 is 1.93 bits per heavy atom. The molecule has 86 valence electrons. The standard InChI is InChI=1S/C10H19N3O2/c1-7(11)8(6-12-5)13-9(14)15-10(2,3)4/h6,11-12H,1-5H3,(H,13,14)/b8-6+,11-7?. The van der Waals surface area contributed by atoms with Crippen molar-refractivity contribution in [1.29, 1.82) is 5.41 Å². The molecule has 3 N–H and O–H groups in total. The van der Waals surface area contributed by atoms with E-state index >= 15 is 0 Å². The average molecular weight is 213 g/mol. The van der Waals surface area contributed by atoms with Gasteiger partial charge in [-0.25, -0.2) is 4.79 Å². The van der Waals surface area contributed by atoms with Gasteiger partial charge < -0.3 is 15.5 Å². The number of hydrogen-bond acceptors (Lipinski definition) is 4. The van der Waals surface area contributed by atoms with E-state index in [1.807, 2.05) is 0 Å². The van der Waals surface area contributed by atoms with Gasteiger partial charge in [0.15, 0.2) is 0 Å². The van der Waals surface area contributed by atoms with Crippen molar-refractivity contribution in [3.63, 3.8) is 0 Å². The van der Waals surface area contributed by atoms with Crippen molar-refractivity contribution in [1.82, 2.24) is 10.6 Å². The van der Waals surface area contributed by atoms with E-state index in [1.54, 1.807) is 34.7 Å². The molecule has 0 aromatic heterocycles. The predicted octanol–water partition coefficient (Wildman–Crippen LogP) is 1.61. The zero-order valence-electron chi connectivity index (χ0n) is 9.89. The summed E-state index contributed by atoms with van der Waals surface area (Å²) in [5.41, 5.74) is 0.118. The lowest BCUT2D eigenvalue weighted by atomic mass is 10.2. The van der Waals surface area contributed by atoms with Gasteiger partial charge in [-0.05, 0) is 27.7 Å². The zero-order valence-corrected chi connectivity index (χ0v) is 9.89. The van der Waals surface area contributed by atoms with Gasteiger partial charge in [-0.3, -0.25) is 5.32 Å². The predicted molar refractivity (Wildman–Crippen MR) is 59.9 cm³/mol. The normalized spacial score (nSPS) is 11.9. The van der Waals surface area contributed by atoms with Crippen molar-refractivity contribution in [2.75, 3.05) is 7.05 Å². The second-order valence-corrected chi connectivity index (χ2v) is 4.10. The number of nitrogens with one attached hydrogen (secondary N) is 3. The van der Waals surface area contributed by atoms with Gasteiger partial charge in [-0.15, -0.1) is 0 Å². The highest BCUT2D eigenvalue weighted by Gasteiger charge is 2.17. The number of carbonyl (C=O) groups is 1. The quantitative estimate of drug-likeness (QED) is 0.623. The van der Waals surface area contributed by atoms with Crippen molar-refractivity contribution in [3.05, 3.63) is 11.9 Å². The van der Waals surface area contributed by atoms with Crippen LogP contribution >= 0.6 is 0 Å². The Balaban J connectivity index is 4.38. The van der Waals surface area contributed by atoms with Crippen molar-refractivity contribution >= 4 is 11.8 Å². The lowest BCUT2D eigenvalue weighted by Gasteiger charge is -2.20. The fourth-order valence-electron chi connectivity index (χ4n) is 0.796. The molecule has 5 nitrogen and oxygen atoms in total. The molecule has 0 heterocycles. The summed E-state index contributed by atoms with van der Waals surface area (Å²) >= 11 is 0. The Morgan fingerprint density at radius 1 is 1.40 bits per heavy atom. The minimum absolute atomic E-state index is 0.259. The van der Waals surface area contributed by atoms with Crippen LogP contribution in [0.25, 0.3) is 0 Å². The number of alkyl carbamates (subject to hydrolysis) is 1. The molecule has 0 atom stereocenters. The Morgan fingerprint density at radius 3 is 2.27 bits per heavy atom. The molecular formula is C10H19N3O2. The maximum atomic E-state index is 11.3. The highest BCUT2D eigenvalue weighted by molar-refractivity contribution is 5.98. The molecule has 15 heavy (non-hydrogen) atoms. The molecule has 0 aliphatic heterocycles. The third kappa shape index (κ3) is 6.54. The van der Waals surface area contributed by atoms with Gasteiger partial charge in [-0.1, -0.05) is 0 Å². The van der Waals surface area contributed by atoms with Crippen LogP contribution in [0.3, 0.4) is 0 Å². The van der Waals surface area contributed by atoms with Crippen LogP contribution in [0.4, 0.5) is 4.79 Å². The SMILES string of the molecule is CN/C=C(/NC(=O)OC(C)(C)C)C(C)=N. The first-order chi connectivity index (χ1) is 6.76. The second kappa shape index (κ2) is 5.38. The van der Waals surface area contributed by atoms with Gasteiger partial charge in [-0.2, -0.15) is 0 Å². The molecule has 0 fully saturated rings. The lowest BCUT2D eigenvalue weighted by molar-refractivity contribution is 0.0548. The van der Waals surface area contributed by atoms with Crippen LogP contribution in [0.1, 0.15) is 27.7 Å². The summed E-state index contributed by atoms with van der Waals surface area (Å²) in [6.45, 7) is 6.93. The second-order valence-electron chi connectivity index (χ2n) is 4.10. The topological polar surface area (TPSA) is 74.2 Å². The lowest BCUT2D eigenvalue weighted by Crippen LogP contribution is -2.34. The number of hydrogen-bond donors (Lipinski definition) is 3. The van der Waals surface area contributed by atoms with Gasteiger partial charge in [0.1, 0.15) is 5.60 Å². The average Bonchev–Trinajstić information content (AvgIpc) is 1.99. The first-order valence-corrected chi connectivity index (χ1v) is 4.69. The van der Waals surface area contributed by atoms with E-state index in [9.17, 15) is 4.79 Å². The van der Waals surface area contributed by atoms with E-state index in [2.05, 4.69) is 10.6 Å². The van der Waals surface area contributed by atoms with Crippen molar-refractivity contribution < 1.29 is 9.53 Å². The Kier molecular flexibility index (Phi) is 4.84. The molecule has 0 bridgehead atoms. The molecule has 0 saturated heterocycles. The Labute approximate surface area is 90.4 Å². The van der Waals surface area contributed by atoms with Crippen molar-refractivity contribution in [3.8, 4) is 0 Å². The fraction of sp³-hybridized carbons (Fsp3) is 0.600. The zero-order chi connectivity index (χ0) is 12.1. The monoisotopic (exact) mass is 213 g/mol. The van der Waals surface area contributed by atoms with E-state index < -0.39 is 11.7 Å². The smallest absolute Gasteiger partial charge is 0.412 e. The van der Waals surface area contributed by atoms with Crippen LogP contribution in [-0.2, 0) is 4.74 Å². The largest absolute Gasteiger partial charge is 0.444 e. The van der Waals surface area contributed by atoms with E-state index in [1.165, 1.54) is 6.20 Å². The van der Waals surface area contributed by atoms with Crippen LogP contribution in [0, 0.1) is 5.41 Å². The molecule has 0 rings (SSSR count). The molecule has 0 radical (unpaired) electrons. The van der Waals surface area contributed by atoms with Crippen LogP contribution in [0.15, 0.2) is 11.9 Å². The summed E-state index contributed by atoms with van der Waals surface area (Å²) in [6, 6.07) is 0. The molecule has 0 aromatic rings. The van der Waals surface area contributed by atoms with Gasteiger partial charge >= 0.3 is 6.09 Å². The third-order valence-corrected chi connectivity index (χ3v) is 1.33. The molecular weight excluding hydrogens is 194 g/mol. The summed E-state index contributed by atoms with van der Waals surface area (Å²) in [5.74, 6) is 0. The molecule has 0 spiro atoms.